The van der Waals surface area contributed by atoms with E-state index < -0.39 is 11.5 Å². The number of aromatic nitrogens is 1. The molecule has 0 radical (unpaired) electrons. The molecule has 3 aliphatic carbocycles. The molecule has 10 heteroatoms. The predicted molar refractivity (Wildman–Crippen MR) is 214 cm³/mol. The van der Waals surface area contributed by atoms with E-state index in [9.17, 15) is 9.90 Å². The summed E-state index contributed by atoms with van der Waals surface area (Å²) in [6.07, 6.45) is 12.0. The van der Waals surface area contributed by atoms with E-state index in [1.807, 2.05) is 42.6 Å². The molecule has 3 heterocycles. The molecule has 0 bridgehead atoms. The number of furan rings is 1. The van der Waals surface area contributed by atoms with Gasteiger partial charge >= 0.3 is 5.97 Å². The SMILES string of the molecule is C[C@@H](COc1ccnc2c1[C@H](C)CCC2)C[C@H]1Cc2cc3c(cc2C12CCC(Nc1cccc(Cl)c1)(C(=O)O)CC2)O[C@H](CN(C)Cc1ccco1)CCO3. The minimum absolute atomic E-state index is 0.0425. The van der Waals surface area contributed by atoms with Crippen LogP contribution in [0.3, 0.4) is 0 Å². The van der Waals surface area contributed by atoms with Gasteiger partial charge in [0.15, 0.2) is 11.5 Å². The van der Waals surface area contributed by atoms with Crippen molar-refractivity contribution in [3.05, 3.63) is 100 Å². The zero-order chi connectivity index (χ0) is 38.2. The number of carboxylic acids is 1. The van der Waals surface area contributed by atoms with Crippen LogP contribution in [0.4, 0.5) is 5.69 Å². The summed E-state index contributed by atoms with van der Waals surface area (Å²) < 4.78 is 25.4. The summed E-state index contributed by atoms with van der Waals surface area (Å²) in [5.74, 6) is 3.71. The van der Waals surface area contributed by atoms with E-state index in [1.54, 1.807) is 12.3 Å². The molecule has 4 aromatic rings. The fourth-order valence-corrected chi connectivity index (χ4v) is 10.3. The van der Waals surface area contributed by atoms with Gasteiger partial charge in [0.2, 0.25) is 0 Å². The van der Waals surface area contributed by atoms with Crippen molar-refractivity contribution in [3.8, 4) is 17.2 Å². The first-order valence-electron chi connectivity index (χ1n) is 20.2. The standard InChI is InChI=1S/C45H54ClN3O6/c1-29(28-54-39-12-18-47-38-11-4-7-30(2)42(38)39)21-32-22-31-23-40-41(55-36(13-20-53-40)27-49(3)26-35-10-6-19-52-35)25-37(31)44(32)14-16-45(17-15-44,43(50)51)48-34-9-5-8-33(46)24-34/h5-6,8-10,12,18-19,23-25,29-30,32,36,48H,4,7,11,13-17,20-22,26-28H2,1-3H3,(H,50,51)/t29-,30-,32+,36+,44?,45?/m1/s1. The third-order valence-electron chi connectivity index (χ3n) is 12.9. The maximum atomic E-state index is 13.1. The summed E-state index contributed by atoms with van der Waals surface area (Å²) in [5, 5.41) is 14.7. The van der Waals surface area contributed by atoms with Gasteiger partial charge in [-0.2, -0.15) is 0 Å². The lowest BCUT2D eigenvalue weighted by Crippen LogP contribution is -2.53. The van der Waals surface area contributed by atoms with Crippen molar-refractivity contribution in [1.29, 1.82) is 0 Å². The molecule has 2 aromatic carbocycles. The highest BCUT2D eigenvalue weighted by molar-refractivity contribution is 6.30. The smallest absolute Gasteiger partial charge is 0.329 e. The van der Waals surface area contributed by atoms with Crippen molar-refractivity contribution in [3.63, 3.8) is 0 Å². The quantitative estimate of drug-likeness (QED) is 0.146. The number of nitrogens with zero attached hydrogens (tertiary/aromatic N) is 2. The zero-order valence-corrected chi connectivity index (χ0v) is 33.1. The Labute approximate surface area is 329 Å². The summed E-state index contributed by atoms with van der Waals surface area (Å²) in [4.78, 5) is 20.0. The Morgan fingerprint density at radius 3 is 2.75 bits per heavy atom. The number of pyridine rings is 1. The number of hydrogen-bond donors (Lipinski definition) is 2. The molecular formula is C45H54ClN3O6. The second-order valence-corrected chi connectivity index (χ2v) is 17.2. The molecule has 1 saturated carbocycles. The summed E-state index contributed by atoms with van der Waals surface area (Å²) in [6, 6.07) is 17.8. The zero-order valence-electron chi connectivity index (χ0n) is 32.3. The van der Waals surface area contributed by atoms with Crippen molar-refractivity contribution < 1.29 is 28.5 Å². The highest BCUT2D eigenvalue weighted by Crippen LogP contribution is 2.58. The number of anilines is 1. The number of rotatable bonds is 12. The van der Waals surface area contributed by atoms with Crippen molar-refractivity contribution in [1.82, 2.24) is 9.88 Å². The van der Waals surface area contributed by atoms with Crippen molar-refractivity contribution >= 4 is 23.3 Å². The Morgan fingerprint density at radius 1 is 1.11 bits per heavy atom. The predicted octanol–water partition coefficient (Wildman–Crippen LogP) is 9.45. The normalized spacial score (nSPS) is 26.2. The largest absolute Gasteiger partial charge is 0.493 e. The second-order valence-electron chi connectivity index (χ2n) is 16.8. The number of likely N-dealkylation sites (N-methyl/N-ethyl adjacent to an activating group) is 1. The lowest BCUT2D eigenvalue weighted by molar-refractivity contribution is -0.144. The van der Waals surface area contributed by atoms with Crippen LogP contribution < -0.4 is 19.5 Å². The van der Waals surface area contributed by atoms with E-state index >= 15 is 0 Å². The van der Waals surface area contributed by atoms with E-state index in [2.05, 4.69) is 48.2 Å². The lowest BCUT2D eigenvalue weighted by atomic mass is 9.59. The summed E-state index contributed by atoms with van der Waals surface area (Å²) in [5.41, 5.74) is 4.46. The fourth-order valence-electron chi connectivity index (χ4n) is 10.1. The molecule has 0 unspecified atom stereocenters. The minimum Gasteiger partial charge on any atom is -0.493 e. The maximum absolute atomic E-state index is 13.1. The molecule has 1 aliphatic heterocycles. The van der Waals surface area contributed by atoms with Crippen molar-refractivity contribution in [2.45, 2.75) is 108 Å². The van der Waals surface area contributed by atoms with Crippen LogP contribution in [0.25, 0.3) is 0 Å². The van der Waals surface area contributed by atoms with Gasteiger partial charge in [0.1, 0.15) is 23.2 Å². The number of benzene rings is 2. The van der Waals surface area contributed by atoms with Gasteiger partial charge < -0.3 is 29.1 Å². The van der Waals surface area contributed by atoms with Crippen LogP contribution in [0.15, 0.2) is 71.5 Å². The van der Waals surface area contributed by atoms with E-state index in [0.717, 1.165) is 80.2 Å². The highest BCUT2D eigenvalue weighted by atomic mass is 35.5. The minimum atomic E-state index is -1.09. The lowest BCUT2D eigenvalue weighted by Gasteiger charge is -2.47. The van der Waals surface area contributed by atoms with Gasteiger partial charge in [0, 0.05) is 41.1 Å². The van der Waals surface area contributed by atoms with Gasteiger partial charge in [-0.1, -0.05) is 31.5 Å². The average Bonchev–Trinajstić information content (AvgIpc) is 3.71. The molecule has 292 valence electrons. The number of aliphatic carboxylic acids is 1. The maximum Gasteiger partial charge on any atom is 0.329 e. The summed E-state index contributed by atoms with van der Waals surface area (Å²) >= 11 is 6.33. The van der Waals surface area contributed by atoms with Gasteiger partial charge in [-0.15, -0.1) is 0 Å². The number of nitrogens with one attached hydrogen (secondary N) is 1. The molecule has 1 spiro atoms. The van der Waals surface area contributed by atoms with Gasteiger partial charge in [-0.3, -0.25) is 9.88 Å². The number of halogens is 1. The van der Waals surface area contributed by atoms with Gasteiger partial charge in [-0.25, -0.2) is 4.79 Å². The highest BCUT2D eigenvalue weighted by Gasteiger charge is 2.54. The number of carbonyl (C=O) groups is 1. The number of carboxylic acid groups (broad SMARTS) is 1. The fraction of sp³-hybridized carbons (Fsp3) is 0.511. The number of fused-ring (bicyclic) bond motifs is 4. The van der Waals surface area contributed by atoms with Crippen molar-refractivity contribution in [2.75, 3.05) is 32.1 Å². The van der Waals surface area contributed by atoms with E-state index in [4.69, 9.17) is 30.2 Å². The van der Waals surface area contributed by atoms with Crippen LogP contribution in [0.5, 0.6) is 17.2 Å². The van der Waals surface area contributed by atoms with E-state index in [0.29, 0.717) is 49.5 Å². The van der Waals surface area contributed by atoms with E-state index in [1.165, 1.54) is 28.8 Å². The summed E-state index contributed by atoms with van der Waals surface area (Å²) in [7, 11) is 2.09. The van der Waals surface area contributed by atoms with Crippen LogP contribution in [0.1, 0.15) is 99.3 Å². The molecule has 2 N–H and O–H groups in total. The summed E-state index contributed by atoms with van der Waals surface area (Å²) in [6.45, 7) is 7.23. The van der Waals surface area contributed by atoms with Crippen LogP contribution in [0.2, 0.25) is 5.02 Å². The van der Waals surface area contributed by atoms with Gasteiger partial charge in [-0.05, 0) is 148 Å². The topological polar surface area (TPSA) is 106 Å². The Hall–Kier alpha value is -4.21. The van der Waals surface area contributed by atoms with Gasteiger partial charge in [0.05, 0.1) is 26.0 Å². The second kappa shape index (κ2) is 15.7. The molecule has 55 heavy (non-hydrogen) atoms. The molecule has 2 aromatic heterocycles. The first-order chi connectivity index (χ1) is 26.6. The Kier molecular flexibility index (Phi) is 10.8. The molecule has 1 fully saturated rings. The molecule has 4 aliphatic rings. The molecule has 8 rings (SSSR count). The molecule has 9 nitrogen and oxygen atoms in total. The average molecular weight is 768 g/mol. The first-order valence-corrected chi connectivity index (χ1v) is 20.5. The van der Waals surface area contributed by atoms with Crippen LogP contribution in [0, 0.1) is 11.8 Å². The molecule has 4 atom stereocenters. The number of ether oxygens (including phenoxy) is 3. The Bertz CT molecular complexity index is 1970. The number of hydrogen-bond acceptors (Lipinski definition) is 8. The third-order valence-corrected chi connectivity index (χ3v) is 13.1. The Morgan fingerprint density at radius 2 is 1.96 bits per heavy atom. The van der Waals surface area contributed by atoms with Crippen LogP contribution in [-0.4, -0.2) is 59.4 Å². The number of aryl methyl sites for hydroxylation is 1. The molecule has 0 saturated heterocycles. The monoisotopic (exact) mass is 767 g/mol. The van der Waals surface area contributed by atoms with E-state index in [-0.39, 0.29) is 17.4 Å². The van der Waals surface area contributed by atoms with Crippen LogP contribution >= 0.6 is 11.6 Å². The van der Waals surface area contributed by atoms with Gasteiger partial charge in [0.25, 0.3) is 0 Å². The first kappa shape index (κ1) is 37.7. The molecular weight excluding hydrogens is 714 g/mol. The Balaban J connectivity index is 1.05. The van der Waals surface area contributed by atoms with Crippen molar-refractivity contribution in [2.24, 2.45) is 11.8 Å². The third kappa shape index (κ3) is 7.79. The molecule has 0 amide bonds. The van der Waals surface area contributed by atoms with Crippen LogP contribution in [-0.2, 0) is 29.6 Å².